The van der Waals surface area contributed by atoms with Gasteiger partial charge in [-0.25, -0.2) is 4.79 Å². The van der Waals surface area contributed by atoms with Crippen LogP contribution in [0.25, 0.3) is 16.7 Å². The molecule has 4 nitrogen and oxygen atoms in total. The standard InChI is InChI=1S/C13H10N2O2/c16-11-8-4-7-10-12(11)15(13(17)14-10)9-5-2-1-3-6-9/h1-8,16H,(H,14,17). The molecule has 3 rings (SSSR count). The highest BCUT2D eigenvalue weighted by Gasteiger charge is 2.11. The molecule has 2 N–H and O–H groups in total. The molecule has 2 aromatic carbocycles. The van der Waals surface area contributed by atoms with Crippen LogP contribution in [0.2, 0.25) is 0 Å². The Labute approximate surface area is 96.8 Å². The maximum Gasteiger partial charge on any atom is 0.331 e. The summed E-state index contributed by atoms with van der Waals surface area (Å²) in [5.74, 6) is 0.0877. The summed E-state index contributed by atoms with van der Waals surface area (Å²) in [7, 11) is 0. The Bertz CT molecular complexity index is 726. The van der Waals surface area contributed by atoms with Crippen LogP contribution in [0.15, 0.2) is 53.3 Å². The number of aromatic nitrogens is 2. The SMILES string of the molecule is O=c1[nH]c2cccc(O)c2n1-c1ccccc1. The number of H-pyrrole nitrogens is 1. The van der Waals surface area contributed by atoms with Crippen molar-refractivity contribution in [1.82, 2.24) is 9.55 Å². The van der Waals surface area contributed by atoms with Gasteiger partial charge in [0.05, 0.1) is 11.2 Å². The van der Waals surface area contributed by atoms with Crippen molar-refractivity contribution >= 4 is 11.0 Å². The van der Waals surface area contributed by atoms with Gasteiger partial charge in [0.2, 0.25) is 0 Å². The summed E-state index contributed by atoms with van der Waals surface area (Å²) in [6.07, 6.45) is 0. The Morgan fingerprint density at radius 2 is 1.76 bits per heavy atom. The van der Waals surface area contributed by atoms with Gasteiger partial charge in [-0.1, -0.05) is 24.3 Å². The van der Waals surface area contributed by atoms with E-state index in [9.17, 15) is 9.90 Å². The first-order chi connectivity index (χ1) is 8.27. The number of rotatable bonds is 1. The van der Waals surface area contributed by atoms with Crippen LogP contribution >= 0.6 is 0 Å². The van der Waals surface area contributed by atoms with Gasteiger partial charge in [-0.15, -0.1) is 0 Å². The lowest BCUT2D eigenvalue weighted by atomic mass is 10.2. The van der Waals surface area contributed by atoms with Crippen LogP contribution in [-0.2, 0) is 0 Å². The number of nitrogens with zero attached hydrogens (tertiary/aromatic N) is 1. The first kappa shape index (κ1) is 9.72. The summed E-state index contributed by atoms with van der Waals surface area (Å²) >= 11 is 0. The van der Waals surface area contributed by atoms with Crippen LogP contribution in [-0.4, -0.2) is 14.7 Å². The molecule has 1 aromatic heterocycles. The van der Waals surface area contributed by atoms with Crippen molar-refractivity contribution < 1.29 is 5.11 Å². The second-order valence-corrected chi connectivity index (χ2v) is 3.77. The predicted molar refractivity (Wildman–Crippen MR) is 65.6 cm³/mol. The number of aromatic amines is 1. The molecular weight excluding hydrogens is 216 g/mol. The van der Waals surface area contributed by atoms with Crippen molar-refractivity contribution in [1.29, 1.82) is 0 Å². The van der Waals surface area contributed by atoms with E-state index in [1.807, 2.05) is 30.3 Å². The highest BCUT2D eigenvalue weighted by molar-refractivity contribution is 5.83. The minimum atomic E-state index is -0.257. The van der Waals surface area contributed by atoms with E-state index in [1.54, 1.807) is 18.2 Å². The number of phenolic OH excluding ortho intramolecular Hbond substituents is 1. The van der Waals surface area contributed by atoms with E-state index < -0.39 is 0 Å². The summed E-state index contributed by atoms with van der Waals surface area (Å²) < 4.78 is 1.46. The van der Waals surface area contributed by atoms with Crippen LogP contribution in [0.5, 0.6) is 5.75 Å². The lowest BCUT2D eigenvalue weighted by molar-refractivity contribution is 0.479. The molecule has 0 atom stereocenters. The van der Waals surface area contributed by atoms with Gasteiger partial charge in [-0.05, 0) is 24.3 Å². The van der Waals surface area contributed by atoms with Gasteiger partial charge in [-0.3, -0.25) is 4.57 Å². The van der Waals surface area contributed by atoms with Gasteiger partial charge >= 0.3 is 5.69 Å². The fraction of sp³-hybridized carbons (Fsp3) is 0. The van der Waals surface area contributed by atoms with Crippen molar-refractivity contribution in [3.63, 3.8) is 0 Å². The lowest BCUT2D eigenvalue weighted by Crippen LogP contribution is -2.14. The smallest absolute Gasteiger partial charge is 0.331 e. The Hall–Kier alpha value is -2.49. The number of phenols is 1. The molecule has 0 bridgehead atoms. The second-order valence-electron chi connectivity index (χ2n) is 3.77. The van der Waals surface area contributed by atoms with Crippen LogP contribution in [0.1, 0.15) is 0 Å². The van der Waals surface area contributed by atoms with Crippen molar-refractivity contribution in [2.24, 2.45) is 0 Å². The van der Waals surface area contributed by atoms with E-state index in [-0.39, 0.29) is 11.4 Å². The third-order valence-electron chi connectivity index (χ3n) is 2.70. The maximum atomic E-state index is 11.9. The number of para-hydroxylation sites is 2. The topological polar surface area (TPSA) is 58.0 Å². The average Bonchev–Trinajstić information content (AvgIpc) is 2.68. The van der Waals surface area contributed by atoms with Gasteiger partial charge in [0.25, 0.3) is 0 Å². The van der Waals surface area contributed by atoms with Gasteiger partial charge in [0.1, 0.15) is 11.3 Å². The van der Waals surface area contributed by atoms with E-state index in [1.165, 1.54) is 4.57 Å². The molecular formula is C13H10N2O2. The molecule has 0 aliphatic heterocycles. The zero-order valence-corrected chi connectivity index (χ0v) is 8.92. The van der Waals surface area contributed by atoms with Crippen molar-refractivity contribution in [3.8, 4) is 11.4 Å². The van der Waals surface area contributed by atoms with E-state index in [0.717, 1.165) is 5.69 Å². The third-order valence-corrected chi connectivity index (χ3v) is 2.70. The van der Waals surface area contributed by atoms with Gasteiger partial charge in [-0.2, -0.15) is 0 Å². The fourth-order valence-corrected chi connectivity index (χ4v) is 1.96. The monoisotopic (exact) mass is 226 g/mol. The average molecular weight is 226 g/mol. The highest BCUT2D eigenvalue weighted by Crippen LogP contribution is 2.24. The molecule has 0 unspecified atom stereocenters. The minimum absolute atomic E-state index is 0.0877. The molecule has 4 heteroatoms. The molecule has 1 heterocycles. The Balaban J connectivity index is 2.45. The Kier molecular flexibility index (Phi) is 2.01. The molecule has 17 heavy (non-hydrogen) atoms. The summed E-state index contributed by atoms with van der Waals surface area (Å²) in [5, 5.41) is 9.85. The van der Waals surface area contributed by atoms with Gasteiger partial charge in [0.15, 0.2) is 0 Å². The van der Waals surface area contributed by atoms with E-state index >= 15 is 0 Å². The van der Waals surface area contributed by atoms with E-state index in [4.69, 9.17) is 0 Å². The van der Waals surface area contributed by atoms with Gasteiger partial charge < -0.3 is 10.1 Å². The number of fused-ring (bicyclic) bond motifs is 1. The van der Waals surface area contributed by atoms with Crippen molar-refractivity contribution in [2.45, 2.75) is 0 Å². The Morgan fingerprint density at radius 3 is 2.53 bits per heavy atom. The number of benzene rings is 2. The summed E-state index contributed by atoms with van der Waals surface area (Å²) in [6, 6.07) is 14.2. The highest BCUT2D eigenvalue weighted by atomic mass is 16.3. The van der Waals surface area contributed by atoms with Crippen LogP contribution in [0, 0.1) is 0 Å². The van der Waals surface area contributed by atoms with Gasteiger partial charge in [0, 0.05) is 0 Å². The predicted octanol–water partition coefficient (Wildman–Crippen LogP) is 2.02. The molecule has 3 aromatic rings. The molecule has 0 aliphatic rings. The minimum Gasteiger partial charge on any atom is -0.506 e. The molecule has 0 spiro atoms. The fourth-order valence-electron chi connectivity index (χ4n) is 1.96. The molecule has 84 valence electrons. The number of imidazole rings is 1. The normalized spacial score (nSPS) is 10.8. The van der Waals surface area contributed by atoms with Crippen molar-refractivity contribution in [3.05, 3.63) is 59.0 Å². The number of nitrogens with one attached hydrogen (secondary N) is 1. The zero-order chi connectivity index (χ0) is 11.8. The summed E-state index contributed by atoms with van der Waals surface area (Å²) in [4.78, 5) is 14.6. The van der Waals surface area contributed by atoms with Crippen molar-refractivity contribution in [2.75, 3.05) is 0 Å². The number of aromatic hydroxyl groups is 1. The summed E-state index contributed by atoms with van der Waals surface area (Å²) in [5.41, 5.74) is 1.60. The van der Waals surface area contributed by atoms with Crippen LogP contribution in [0.4, 0.5) is 0 Å². The molecule has 0 saturated carbocycles. The second kappa shape index (κ2) is 3.52. The van der Waals surface area contributed by atoms with Crippen LogP contribution in [0.3, 0.4) is 0 Å². The molecule has 0 amide bonds. The first-order valence-electron chi connectivity index (χ1n) is 5.25. The largest absolute Gasteiger partial charge is 0.506 e. The quantitative estimate of drug-likeness (QED) is 0.667. The maximum absolute atomic E-state index is 11.9. The number of hydrogen-bond acceptors (Lipinski definition) is 2. The lowest BCUT2D eigenvalue weighted by Gasteiger charge is -2.03. The first-order valence-corrected chi connectivity index (χ1v) is 5.25. The molecule has 0 radical (unpaired) electrons. The molecule has 0 aliphatic carbocycles. The zero-order valence-electron chi connectivity index (χ0n) is 8.92. The van der Waals surface area contributed by atoms with E-state index in [2.05, 4.69) is 4.98 Å². The molecule has 0 fully saturated rings. The van der Waals surface area contributed by atoms with Crippen LogP contribution < -0.4 is 5.69 Å². The molecule has 0 saturated heterocycles. The van der Waals surface area contributed by atoms with E-state index in [0.29, 0.717) is 11.0 Å². The summed E-state index contributed by atoms with van der Waals surface area (Å²) in [6.45, 7) is 0. The third kappa shape index (κ3) is 1.42. The Morgan fingerprint density at radius 1 is 1.00 bits per heavy atom. The number of hydrogen-bond donors (Lipinski definition) is 2.